The van der Waals surface area contributed by atoms with Crippen molar-refractivity contribution in [2.75, 3.05) is 6.54 Å². The lowest BCUT2D eigenvalue weighted by atomic mass is 10.4. The van der Waals surface area contributed by atoms with Crippen molar-refractivity contribution < 1.29 is 13.2 Å². The molecule has 0 aromatic rings. The molecule has 7 heteroatoms. The molecule has 0 aliphatic carbocycles. The third-order valence-corrected chi connectivity index (χ3v) is 2.71. The first-order valence-corrected chi connectivity index (χ1v) is 5.01. The minimum Gasteiger partial charge on any atom is -0.396 e. The smallest absolute Gasteiger partial charge is 0.289 e. The zero-order valence-corrected chi connectivity index (χ0v) is 7.76. The lowest BCUT2D eigenvalue weighted by Crippen LogP contribution is -2.28. The van der Waals surface area contributed by atoms with Crippen LogP contribution in [0.5, 0.6) is 0 Å². The van der Waals surface area contributed by atoms with E-state index < -0.39 is 20.8 Å². The molecular formula is C6H9N3O3S. The van der Waals surface area contributed by atoms with Crippen molar-refractivity contribution in [3.63, 3.8) is 0 Å². The van der Waals surface area contributed by atoms with E-state index in [1.165, 1.54) is 0 Å². The third kappa shape index (κ3) is 1.69. The molecule has 0 unspecified atom stereocenters. The number of nitrogens with zero attached hydrogens (tertiary/aromatic N) is 1. The van der Waals surface area contributed by atoms with Crippen LogP contribution in [0, 0.1) is 0 Å². The van der Waals surface area contributed by atoms with Gasteiger partial charge in [0, 0.05) is 6.54 Å². The van der Waals surface area contributed by atoms with E-state index in [-0.39, 0.29) is 5.70 Å². The van der Waals surface area contributed by atoms with Gasteiger partial charge in [0.15, 0.2) is 4.91 Å². The van der Waals surface area contributed by atoms with Crippen molar-refractivity contribution >= 4 is 22.1 Å². The summed E-state index contributed by atoms with van der Waals surface area (Å²) in [5.41, 5.74) is 5.16. The SMILES string of the molecule is CCNC(=O)C1=C(N)C=NS1(=O)=O. The number of likely N-dealkylation sites (N-methyl/N-ethyl adjacent to an activating group) is 1. The Morgan fingerprint density at radius 3 is 2.69 bits per heavy atom. The highest BCUT2D eigenvalue weighted by Gasteiger charge is 2.30. The van der Waals surface area contributed by atoms with Gasteiger partial charge in [-0.15, -0.1) is 0 Å². The Morgan fingerprint density at radius 1 is 1.69 bits per heavy atom. The van der Waals surface area contributed by atoms with E-state index in [2.05, 4.69) is 9.71 Å². The van der Waals surface area contributed by atoms with Gasteiger partial charge in [0.05, 0.1) is 11.9 Å². The van der Waals surface area contributed by atoms with Crippen LogP contribution in [0.25, 0.3) is 0 Å². The van der Waals surface area contributed by atoms with Crippen LogP contribution in [0.2, 0.25) is 0 Å². The van der Waals surface area contributed by atoms with Crippen molar-refractivity contribution in [3.8, 4) is 0 Å². The molecular weight excluding hydrogens is 194 g/mol. The quantitative estimate of drug-likeness (QED) is 0.582. The lowest BCUT2D eigenvalue weighted by Gasteiger charge is -2.01. The Morgan fingerprint density at radius 2 is 2.31 bits per heavy atom. The minimum absolute atomic E-state index is 0.119. The van der Waals surface area contributed by atoms with Crippen molar-refractivity contribution in [2.24, 2.45) is 10.1 Å². The molecule has 1 aliphatic rings. The average molecular weight is 203 g/mol. The lowest BCUT2D eigenvalue weighted by molar-refractivity contribution is -0.116. The van der Waals surface area contributed by atoms with Crippen LogP contribution >= 0.6 is 0 Å². The van der Waals surface area contributed by atoms with Gasteiger partial charge in [-0.1, -0.05) is 0 Å². The molecule has 1 amide bonds. The highest BCUT2D eigenvalue weighted by atomic mass is 32.2. The van der Waals surface area contributed by atoms with Gasteiger partial charge in [0.25, 0.3) is 15.9 Å². The number of sulfonamides is 1. The summed E-state index contributed by atoms with van der Waals surface area (Å²) in [5.74, 6) is -0.711. The first-order valence-electron chi connectivity index (χ1n) is 3.57. The van der Waals surface area contributed by atoms with Crippen molar-refractivity contribution in [2.45, 2.75) is 6.92 Å². The van der Waals surface area contributed by atoms with Crippen LogP contribution in [-0.2, 0) is 14.8 Å². The predicted molar refractivity (Wildman–Crippen MR) is 47.3 cm³/mol. The highest BCUT2D eigenvalue weighted by Crippen LogP contribution is 2.16. The van der Waals surface area contributed by atoms with Gasteiger partial charge in [-0.3, -0.25) is 4.79 Å². The third-order valence-electron chi connectivity index (χ3n) is 1.39. The van der Waals surface area contributed by atoms with E-state index >= 15 is 0 Å². The topological polar surface area (TPSA) is 102 Å². The summed E-state index contributed by atoms with van der Waals surface area (Å²) in [7, 11) is -3.85. The molecule has 0 atom stereocenters. The summed E-state index contributed by atoms with van der Waals surface area (Å²) >= 11 is 0. The number of rotatable bonds is 2. The molecule has 1 aliphatic heterocycles. The molecule has 3 N–H and O–H groups in total. The largest absolute Gasteiger partial charge is 0.396 e. The zero-order valence-electron chi connectivity index (χ0n) is 6.94. The van der Waals surface area contributed by atoms with Gasteiger partial charge in [-0.25, -0.2) is 0 Å². The Bertz CT molecular complexity index is 393. The standard InChI is InChI=1S/C6H9N3O3S/c1-2-8-6(10)5-4(7)3-9-13(5,11)12/h3H,2,7H2,1H3,(H,8,10). The Labute approximate surface area is 75.6 Å². The molecule has 0 bridgehead atoms. The summed E-state index contributed by atoms with van der Waals surface area (Å²) in [6, 6.07) is 0. The second kappa shape index (κ2) is 3.17. The van der Waals surface area contributed by atoms with Crippen LogP contribution in [0.3, 0.4) is 0 Å². The molecule has 1 heterocycles. The molecule has 72 valence electrons. The normalized spacial score (nSPS) is 19.2. The Balaban J connectivity index is 3.06. The van der Waals surface area contributed by atoms with Gasteiger partial charge in [-0.2, -0.15) is 12.8 Å². The van der Waals surface area contributed by atoms with Gasteiger partial charge >= 0.3 is 0 Å². The van der Waals surface area contributed by atoms with E-state index in [0.717, 1.165) is 6.21 Å². The molecule has 0 spiro atoms. The Hall–Kier alpha value is -1.37. The number of allylic oxidation sites excluding steroid dienone is 1. The molecule has 6 nitrogen and oxygen atoms in total. The van der Waals surface area contributed by atoms with E-state index in [9.17, 15) is 13.2 Å². The molecule has 0 radical (unpaired) electrons. The van der Waals surface area contributed by atoms with Crippen molar-refractivity contribution in [3.05, 3.63) is 10.6 Å². The van der Waals surface area contributed by atoms with Crippen LogP contribution < -0.4 is 11.1 Å². The predicted octanol–water partition coefficient (Wildman–Crippen LogP) is -1.29. The molecule has 0 aromatic carbocycles. The summed E-state index contributed by atoms with van der Waals surface area (Å²) < 4.78 is 25.3. The zero-order chi connectivity index (χ0) is 10.1. The summed E-state index contributed by atoms with van der Waals surface area (Å²) in [6.07, 6.45) is 0.958. The first-order chi connectivity index (χ1) is 5.99. The fourth-order valence-electron chi connectivity index (χ4n) is 0.876. The second-order valence-corrected chi connectivity index (χ2v) is 3.92. The maximum absolute atomic E-state index is 11.2. The molecule has 0 fully saturated rings. The maximum atomic E-state index is 11.2. The van der Waals surface area contributed by atoms with E-state index in [4.69, 9.17) is 5.73 Å². The summed E-state index contributed by atoms with van der Waals surface area (Å²) in [6.45, 7) is 2.02. The van der Waals surface area contributed by atoms with Gasteiger partial charge in [-0.05, 0) is 6.92 Å². The van der Waals surface area contributed by atoms with Crippen LogP contribution in [0.15, 0.2) is 15.0 Å². The number of nitrogens with two attached hydrogens (primary N) is 1. The number of carbonyl (C=O) groups excluding carboxylic acids is 1. The van der Waals surface area contributed by atoms with Crippen molar-refractivity contribution in [1.29, 1.82) is 0 Å². The molecule has 1 rings (SSSR count). The van der Waals surface area contributed by atoms with E-state index in [1.807, 2.05) is 0 Å². The molecule has 0 saturated carbocycles. The van der Waals surface area contributed by atoms with E-state index in [0.29, 0.717) is 6.54 Å². The molecule has 0 saturated heterocycles. The fraction of sp³-hybridized carbons (Fsp3) is 0.333. The number of carbonyl (C=O) groups is 1. The van der Waals surface area contributed by atoms with Gasteiger partial charge in [0.2, 0.25) is 0 Å². The summed E-state index contributed by atoms with van der Waals surface area (Å²) in [4.78, 5) is 10.7. The first kappa shape index (κ1) is 9.72. The number of amides is 1. The minimum atomic E-state index is -3.85. The summed E-state index contributed by atoms with van der Waals surface area (Å²) in [5, 5.41) is 2.34. The number of hydrogen-bond donors (Lipinski definition) is 2. The van der Waals surface area contributed by atoms with Gasteiger partial charge in [0.1, 0.15) is 0 Å². The second-order valence-electron chi connectivity index (χ2n) is 2.35. The van der Waals surface area contributed by atoms with Crippen LogP contribution in [0.4, 0.5) is 0 Å². The van der Waals surface area contributed by atoms with Crippen LogP contribution in [0.1, 0.15) is 6.92 Å². The van der Waals surface area contributed by atoms with Crippen molar-refractivity contribution in [1.82, 2.24) is 5.32 Å². The monoisotopic (exact) mass is 203 g/mol. The fourth-order valence-corrected chi connectivity index (χ4v) is 1.89. The number of hydrogen-bond acceptors (Lipinski definition) is 4. The molecule has 0 aromatic heterocycles. The number of nitrogens with one attached hydrogen (secondary N) is 1. The highest BCUT2D eigenvalue weighted by molar-refractivity contribution is 7.95. The van der Waals surface area contributed by atoms with Gasteiger partial charge < -0.3 is 11.1 Å². The maximum Gasteiger partial charge on any atom is 0.289 e. The Kier molecular flexibility index (Phi) is 2.37. The average Bonchev–Trinajstić information content (AvgIpc) is 2.26. The van der Waals surface area contributed by atoms with E-state index in [1.54, 1.807) is 6.92 Å². The molecule has 13 heavy (non-hydrogen) atoms. The van der Waals surface area contributed by atoms with Crippen LogP contribution in [-0.4, -0.2) is 27.1 Å².